The second-order valence-electron chi connectivity index (χ2n) is 18.5. The third-order valence-corrected chi connectivity index (χ3v) is 12.1. The summed E-state index contributed by atoms with van der Waals surface area (Å²) in [6.07, 6.45) is 54.5. The minimum atomic E-state index is -4.53. The SMILES string of the molecule is CCCCC/C=C\C/C=C\CCCCCCCCCCOCC(COP(=O)([O-])OCC[N+](C)(C)C)OC(=O)CCCCCCCCCCC/C=C\CCCCCCCCCC. The van der Waals surface area contributed by atoms with Gasteiger partial charge in [0.05, 0.1) is 34.4 Å². The van der Waals surface area contributed by atoms with Gasteiger partial charge in [0.25, 0.3) is 7.82 Å². The predicted molar refractivity (Wildman–Crippen MR) is 259 cm³/mol. The summed E-state index contributed by atoms with van der Waals surface area (Å²) >= 11 is 0. The van der Waals surface area contributed by atoms with Crippen LogP contribution >= 0.6 is 7.82 Å². The van der Waals surface area contributed by atoms with Crippen LogP contribution in [0.5, 0.6) is 0 Å². The van der Waals surface area contributed by atoms with E-state index in [2.05, 4.69) is 50.3 Å². The number of carbonyl (C=O) groups is 1. The van der Waals surface area contributed by atoms with Gasteiger partial charge in [-0.1, -0.05) is 192 Å². The van der Waals surface area contributed by atoms with Gasteiger partial charge in [0.1, 0.15) is 19.3 Å². The molecule has 0 aliphatic heterocycles. The summed E-state index contributed by atoms with van der Waals surface area (Å²) in [5.41, 5.74) is 0. The average molecular weight is 882 g/mol. The van der Waals surface area contributed by atoms with E-state index < -0.39 is 13.9 Å². The lowest BCUT2D eigenvalue weighted by Crippen LogP contribution is -2.37. The molecule has 0 aliphatic carbocycles. The summed E-state index contributed by atoms with van der Waals surface area (Å²) in [4.78, 5) is 25.2. The standard InChI is InChI=1S/C52H100NO7P/c1-6-8-10-12-14-16-18-20-22-24-26-27-28-29-31-33-35-37-39-41-43-45-52(54)60-51(50-59-61(55,56)58-48-46-53(3,4)5)49-57-47-44-42-40-38-36-34-32-30-25-23-21-19-17-15-13-11-9-7-2/h15,17,21,23-24,26,51H,6-14,16,18-20,22,25,27-50H2,1-5H3/b17-15-,23-21-,26-24-. The van der Waals surface area contributed by atoms with Crippen molar-refractivity contribution in [3.63, 3.8) is 0 Å². The molecule has 61 heavy (non-hydrogen) atoms. The highest BCUT2D eigenvalue weighted by molar-refractivity contribution is 7.45. The highest BCUT2D eigenvalue weighted by Crippen LogP contribution is 2.38. The Morgan fingerprint density at radius 2 is 0.902 bits per heavy atom. The van der Waals surface area contributed by atoms with Gasteiger partial charge in [-0.15, -0.1) is 0 Å². The third kappa shape index (κ3) is 49.6. The van der Waals surface area contributed by atoms with E-state index in [0.29, 0.717) is 24.1 Å². The fourth-order valence-corrected chi connectivity index (χ4v) is 7.89. The van der Waals surface area contributed by atoms with E-state index in [1.807, 2.05) is 21.1 Å². The molecule has 2 unspecified atom stereocenters. The molecule has 0 aromatic carbocycles. The van der Waals surface area contributed by atoms with Gasteiger partial charge in [-0.05, 0) is 70.6 Å². The number of phosphoric ester groups is 1. The topological polar surface area (TPSA) is 94.1 Å². The number of rotatable bonds is 48. The zero-order valence-corrected chi connectivity index (χ0v) is 41.8. The molecule has 0 N–H and O–H groups in total. The number of hydrogen-bond acceptors (Lipinski definition) is 7. The van der Waals surface area contributed by atoms with Gasteiger partial charge in [-0.3, -0.25) is 9.36 Å². The Morgan fingerprint density at radius 1 is 0.508 bits per heavy atom. The van der Waals surface area contributed by atoms with E-state index in [1.165, 1.54) is 173 Å². The number of esters is 1. The minimum Gasteiger partial charge on any atom is -0.756 e. The van der Waals surface area contributed by atoms with Crippen LogP contribution < -0.4 is 4.89 Å². The highest BCUT2D eigenvalue weighted by Gasteiger charge is 2.20. The Kier molecular flexibility index (Phi) is 44.3. The summed E-state index contributed by atoms with van der Waals surface area (Å²) in [7, 11) is 1.36. The summed E-state index contributed by atoms with van der Waals surface area (Å²) in [6.45, 7) is 5.40. The molecule has 0 radical (unpaired) electrons. The molecule has 0 heterocycles. The Labute approximate surface area is 378 Å². The van der Waals surface area contributed by atoms with Crippen molar-refractivity contribution in [1.82, 2.24) is 0 Å². The van der Waals surface area contributed by atoms with Gasteiger partial charge < -0.3 is 27.9 Å². The van der Waals surface area contributed by atoms with Crippen molar-refractivity contribution in [3.05, 3.63) is 36.5 Å². The van der Waals surface area contributed by atoms with Crippen LogP contribution in [0.2, 0.25) is 0 Å². The molecule has 0 spiro atoms. The lowest BCUT2D eigenvalue weighted by Gasteiger charge is -2.28. The number of allylic oxidation sites excluding steroid dienone is 6. The molecule has 0 saturated carbocycles. The fraction of sp³-hybridized carbons (Fsp3) is 0.865. The minimum absolute atomic E-state index is 0.0248. The number of phosphoric acid groups is 1. The molecule has 360 valence electrons. The molecule has 0 fully saturated rings. The molecule has 0 saturated heterocycles. The van der Waals surface area contributed by atoms with Gasteiger partial charge in [0, 0.05) is 13.0 Å². The van der Waals surface area contributed by atoms with Crippen LogP contribution in [0.4, 0.5) is 0 Å². The summed E-state index contributed by atoms with van der Waals surface area (Å²) in [5.74, 6) is -0.336. The van der Waals surface area contributed by atoms with Crippen molar-refractivity contribution < 1.29 is 37.3 Å². The molecule has 0 aliphatic rings. The van der Waals surface area contributed by atoms with E-state index in [-0.39, 0.29) is 25.8 Å². The van der Waals surface area contributed by atoms with Crippen LogP contribution in [0.15, 0.2) is 36.5 Å². The zero-order chi connectivity index (χ0) is 44.8. The summed E-state index contributed by atoms with van der Waals surface area (Å²) in [5, 5.41) is 0. The van der Waals surface area contributed by atoms with E-state index in [0.717, 1.165) is 38.5 Å². The molecule has 2 atom stereocenters. The van der Waals surface area contributed by atoms with Crippen molar-refractivity contribution in [2.45, 2.75) is 238 Å². The normalized spacial score (nSPS) is 13.9. The highest BCUT2D eigenvalue weighted by atomic mass is 31.2. The lowest BCUT2D eigenvalue weighted by atomic mass is 10.1. The number of carbonyl (C=O) groups excluding carboxylic acids is 1. The van der Waals surface area contributed by atoms with Crippen molar-refractivity contribution in [2.75, 3.05) is 54.1 Å². The Bertz CT molecular complexity index is 1070. The number of likely N-dealkylation sites (N-methyl/N-ethyl adjacent to an activating group) is 1. The van der Waals surface area contributed by atoms with Crippen LogP contribution in [0.3, 0.4) is 0 Å². The van der Waals surface area contributed by atoms with E-state index >= 15 is 0 Å². The molecule has 8 nitrogen and oxygen atoms in total. The number of quaternary nitrogens is 1. The Balaban J connectivity index is 4.14. The first-order valence-electron chi connectivity index (χ1n) is 25.7. The van der Waals surface area contributed by atoms with Crippen LogP contribution in [0.25, 0.3) is 0 Å². The van der Waals surface area contributed by atoms with Crippen LogP contribution in [0.1, 0.15) is 232 Å². The molecule has 9 heteroatoms. The largest absolute Gasteiger partial charge is 0.756 e. The van der Waals surface area contributed by atoms with Gasteiger partial charge in [-0.25, -0.2) is 0 Å². The van der Waals surface area contributed by atoms with Crippen molar-refractivity contribution >= 4 is 13.8 Å². The van der Waals surface area contributed by atoms with Gasteiger partial charge in [0.2, 0.25) is 0 Å². The maximum Gasteiger partial charge on any atom is 0.306 e. The van der Waals surface area contributed by atoms with E-state index in [9.17, 15) is 14.3 Å². The molecule has 0 amide bonds. The van der Waals surface area contributed by atoms with Gasteiger partial charge in [0.15, 0.2) is 0 Å². The molecule has 0 bridgehead atoms. The molecule has 0 aromatic heterocycles. The van der Waals surface area contributed by atoms with E-state index in [4.69, 9.17) is 18.5 Å². The van der Waals surface area contributed by atoms with Crippen molar-refractivity contribution in [2.24, 2.45) is 0 Å². The number of nitrogens with zero attached hydrogens (tertiary/aromatic N) is 1. The first-order valence-corrected chi connectivity index (χ1v) is 27.2. The third-order valence-electron chi connectivity index (χ3n) is 11.2. The van der Waals surface area contributed by atoms with Crippen LogP contribution in [0, 0.1) is 0 Å². The Hall–Kier alpha value is -1.28. The molecular weight excluding hydrogens is 782 g/mol. The Morgan fingerprint density at radius 3 is 1.38 bits per heavy atom. The van der Waals surface area contributed by atoms with Gasteiger partial charge >= 0.3 is 5.97 Å². The molecule has 0 rings (SSSR count). The first-order chi connectivity index (χ1) is 29.6. The van der Waals surface area contributed by atoms with Crippen LogP contribution in [-0.2, 0) is 27.9 Å². The number of unbranched alkanes of at least 4 members (excludes halogenated alkanes) is 28. The predicted octanol–water partition coefficient (Wildman–Crippen LogP) is 15.1. The molecular formula is C52H100NO7P. The zero-order valence-electron chi connectivity index (χ0n) is 40.9. The maximum atomic E-state index is 12.7. The summed E-state index contributed by atoms with van der Waals surface area (Å²) < 4.78 is 34.7. The number of hydrogen-bond donors (Lipinski definition) is 0. The monoisotopic (exact) mass is 882 g/mol. The quantitative estimate of drug-likeness (QED) is 0.0197. The second-order valence-corrected chi connectivity index (χ2v) is 19.9. The van der Waals surface area contributed by atoms with Crippen LogP contribution in [-0.4, -0.2) is 70.7 Å². The van der Waals surface area contributed by atoms with Crippen molar-refractivity contribution in [3.8, 4) is 0 Å². The lowest BCUT2D eigenvalue weighted by molar-refractivity contribution is -0.870. The fourth-order valence-electron chi connectivity index (χ4n) is 7.16. The van der Waals surface area contributed by atoms with Gasteiger partial charge in [-0.2, -0.15) is 0 Å². The second kappa shape index (κ2) is 45.3. The van der Waals surface area contributed by atoms with E-state index in [1.54, 1.807) is 0 Å². The van der Waals surface area contributed by atoms with Crippen molar-refractivity contribution in [1.29, 1.82) is 0 Å². The maximum absolute atomic E-state index is 12.7. The first kappa shape index (κ1) is 59.7. The molecule has 0 aromatic rings. The smallest absolute Gasteiger partial charge is 0.306 e. The average Bonchev–Trinajstić information content (AvgIpc) is 3.22. The summed E-state index contributed by atoms with van der Waals surface area (Å²) in [6, 6.07) is 0. The number of ether oxygens (including phenoxy) is 2.